The minimum absolute atomic E-state index is 0.0702. The summed E-state index contributed by atoms with van der Waals surface area (Å²) >= 11 is 0. The van der Waals surface area contributed by atoms with E-state index in [1.54, 1.807) is 0 Å². The lowest BCUT2D eigenvalue weighted by Crippen LogP contribution is -2.50. The molecule has 4 rings (SSSR count). The Morgan fingerprint density at radius 1 is 0.839 bits per heavy atom. The lowest BCUT2D eigenvalue weighted by atomic mass is 9.48. The maximum atomic E-state index is 11.0. The molecule has 0 radical (unpaired) electrons. The Morgan fingerprint density at radius 2 is 1.58 bits per heavy atom. The van der Waals surface area contributed by atoms with Crippen molar-refractivity contribution in [1.29, 1.82) is 0 Å². The van der Waals surface area contributed by atoms with Gasteiger partial charge in [0, 0.05) is 0 Å². The fraction of sp³-hybridized carbons (Fsp3) is 1.00. The summed E-state index contributed by atoms with van der Waals surface area (Å²) in [6.45, 7) is 11.7. The third-order valence-corrected chi connectivity index (χ3v) is 11.3. The zero-order chi connectivity index (χ0) is 22.3. The van der Waals surface area contributed by atoms with Gasteiger partial charge in [-0.3, -0.25) is 0 Å². The van der Waals surface area contributed by atoms with Crippen LogP contribution in [0.1, 0.15) is 112 Å². The Labute approximate surface area is 193 Å². The van der Waals surface area contributed by atoms with Gasteiger partial charge in [0.05, 0.1) is 12.2 Å². The molecule has 0 aliphatic heterocycles. The second kappa shape index (κ2) is 9.65. The van der Waals surface area contributed by atoms with Crippen LogP contribution in [0.25, 0.3) is 0 Å². The standard InChI is InChI=1S/C29H52O2/c1-6-27(30)21-9-8-20-10-11-23-22(24(20)17-21)15-16-29(5)25(12-13-26(23)29)19(4)28(31)14-7-18(2)3/h18-28,30-31H,6-17H2,1-5H3/t19-,20-,21?,22-,23+,24-,25+,26-,27?,28-,29+/m0/s1. The van der Waals surface area contributed by atoms with E-state index in [0.29, 0.717) is 29.1 Å². The van der Waals surface area contributed by atoms with E-state index in [9.17, 15) is 10.2 Å². The van der Waals surface area contributed by atoms with Crippen LogP contribution in [0, 0.1) is 58.7 Å². The molecule has 2 unspecified atom stereocenters. The minimum Gasteiger partial charge on any atom is -0.393 e. The Balaban J connectivity index is 1.45. The molecule has 2 N–H and O–H groups in total. The van der Waals surface area contributed by atoms with Crippen LogP contribution in [0.3, 0.4) is 0 Å². The molecule has 0 aromatic carbocycles. The van der Waals surface area contributed by atoms with E-state index in [2.05, 4.69) is 34.6 Å². The van der Waals surface area contributed by atoms with Gasteiger partial charge in [-0.1, -0.05) is 34.6 Å². The molecule has 11 atom stereocenters. The highest BCUT2D eigenvalue weighted by atomic mass is 16.3. The molecule has 0 bridgehead atoms. The minimum atomic E-state index is -0.119. The van der Waals surface area contributed by atoms with E-state index in [1.807, 2.05) is 0 Å². The van der Waals surface area contributed by atoms with Crippen molar-refractivity contribution in [3.63, 3.8) is 0 Å². The largest absolute Gasteiger partial charge is 0.393 e. The van der Waals surface area contributed by atoms with Crippen LogP contribution in [0.4, 0.5) is 0 Å². The summed E-state index contributed by atoms with van der Waals surface area (Å²) in [5.41, 5.74) is 0.448. The summed E-state index contributed by atoms with van der Waals surface area (Å²) < 4.78 is 0. The van der Waals surface area contributed by atoms with Crippen molar-refractivity contribution in [2.24, 2.45) is 58.7 Å². The van der Waals surface area contributed by atoms with Crippen LogP contribution in [0.15, 0.2) is 0 Å². The molecule has 0 saturated heterocycles. The fourth-order valence-corrected chi connectivity index (χ4v) is 9.48. The summed E-state index contributed by atoms with van der Waals surface area (Å²) in [5, 5.41) is 21.6. The predicted molar refractivity (Wildman–Crippen MR) is 130 cm³/mol. The summed E-state index contributed by atoms with van der Waals surface area (Å²) in [6, 6.07) is 0. The molecule has 4 aliphatic carbocycles. The van der Waals surface area contributed by atoms with Crippen LogP contribution in [0.5, 0.6) is 0 Å². The van der Waals surface area contributed by atoms with Crippen molar-refractivity contribution >= 4 is 0 Å². The van der Waals surface area contributed by atoms with Gasteiger partial charge >= 0.3 is 0 Å². The van der Waals surface area contributed by atoms with Crippen molar-refractivity contribution in [2.75, 3.05) is 0 Å². The average molecular weight is 433 g/mol. The van der Waals surface area contributed by atoms with Crippen molar-refractivity contribution in [1.82, 2.24) is 0 Å². The molecule has 4 fully saturated rings. The molecule has 2 nitrogen and oxygen atoms in total. The molecule has 31 heavy (non-hydrogen) atoms. The van der Waals surface area contributed by atoms with E-state index < -0.39 is 0 Å². The second-order valence-corrected chi connectivity index (χ2v) is 13.1. The SMILES string of the molecule is CCC(O)C1CC[C@H]2CC[C@@H]3[C@H](CC[C@]4(C)[C@@H]([C@H](C)[C@@H](O)CCC(C)C)CC[C@@H]34)[C@H]2C1. The first kappa shape index (κ1) is 24.1. The number of hydrogen-bond acceptors (Lipinski definition) is 2. The highest BCUT2D eigenvalue weighted by Gasteiger charge is 2.58. The van der Waals surface area contributed by atoms with Crippen LogP contribution in [-0.2, 0) is 0 Å². The number of aliphatic hydroxyl groups excluding tert-OH is 2. The molecule has 4 saturated carbocycles. The maximum absolute atomic E-state index is 11.0. The topological polar surface area (TPSA) is 40.5 Å². The summed E-state index contributed by atoms with van der Waals surface area (Å²) in [4.78, 5) is 0. The molecule has 4 aliphatic rings. The summed E-state index contributed by atoms with van der Waals surface area (Å²) in [6.07, 6.45) is 15.3. The van der Waals surface area contributed by atoms with E-state index >= 15 is 0 Å². The van der Waals surface area contributed by atoms with Crippen molar-refractivity contribution in [3.8, 4) is 0 Å². The van der Waals surface area contributed by atoms with Gasteiger partial charge in [-0.15, -0.1) is 0 Å². The van der Waals surface area contributed by atoms with Crippen molar-refractivity contribution < 1.29 is 10.2 Å². The van der Waals surface area contributed by atoms with Gasteiger partial charge in [0.25, 0.3) is 0 Å². The Morgan fingerprint density at radius 3 is 2.29 bits per heavy atom. The van der Waals surface area contributed by atoms with Crippen molar-refractivity contribution in [3.05, 3.63) is 0 Å². The Hall–Kier alpha value is -0.0800. The predicted octanol–water partition coefficient (Wildman–Crippen LogP) is 7.08. The van der Waals surface area contributed by atoms with Gasteiger partial charge in [0.15, 0.2) is 0 Å². The van der Waals surface area contributed by atoms with E-state index in [0.717, 1.165) is 48.9 Å². The zero-order valence-electron chi connectivity index (χ0n) is 21.2. The first-order valence-electron chi connectivity index (χ1n) is 14.1. The smallest absolute Gasteiger partial charge is 0.0568 e. The number of hydrogen-bond donors (Lipinski definition) is 2. The van der Waals surface area contributed by atoms with Gasteiger partial charge in [-0.25, -0.2) is 0 Å². The third kappa shape index (κ3) is 4.51. The normalized spacial score (nSPS) is 45.5. The maximum Gasteiger partial charge on any atom is 0.0568 e. The van der Waals surface area contributed by atoms with E-state index in [4.69, 9.17) is 0 Å². The highest BCUT2D eigenvalue weighted by molar-refractivity contribution is 5.07. The molecule has 0 aromatic rings. The van der Waals surface area contributed by atoms with Gasteiger partial charge < -0.3 is 10.2 Å². The Bertz CT molecular complexity index is 587. The second-order valence-electron chi connectivity index (χ2n) is 13.1. The monoisotopic (exact) mass is 432 g/mol. The van der Waals surface area contributed by atoms with E-state index in [1.165, 1.54) is 57.8 Å². The van der Waals surface area contributed by atoms with Crippen LogP contribution >= 0.6 is 0 Å². The van der Waals surface area contributed by atoms with Gasteiger partial charge in [-0.2, -0.15) is 0 Å². The third-order valence-electron chi connectivity index (χ3n) is 11.3. The molecule has 0 heterocycles. The highest BCUT2D eigenvalue weighted by Crippen LogP contribution is 2.66. The van der Waals surface area contributed by atoms with Crippen LogP contribution in [0.2, 0.25) is 0 Å². The lowest BCUT2D eigenvalue weighted by molar-refractivity contribution is -0.0901. The Kier molecular flexibility index (Phi) is 7.49. The average Bonchev–Trinajstić information content (AvgIpc) is 3.12. The number of fused-ring (bicyclic) bond motifs is 5. The lowest BCUT2D eigenvalue weighted by Gasteiger charge is -2.57. The van der Waals surface area contributed by atoms with E-state index in [-0.39, 0.29) is 12.2 Å². The molecular weight excluding hydrogens is 380 g/mol. The first-order chi connectivity index (χ1) is 14.8. The molecule has 0 amide bonds. The van der Waals surface area contributed by atoms with Crippen LogP contribution < -0.4 is 0 Å². The number of rotatable bonds is 7. The van der Waals surface area contributed by atoms with Gasteiger partial charge in [-0.05, 0) is 136 Å². The molecule has 0 spiro atoms. The molecule has 0 aromatic heterocycles. The van der Waals surface area contributed by atoms with Crippen molar-refractivity contribution in [2.45, 2.75) is 124 Å². The zero-order valence-corrected chi connectivity index (χ0v) is 21.2. The molecule has 2 heteroatoms. The van der Waals surface area contributed by atoms with Crippen LogP contribution in [-0.4, -0.2) is 22.4 Å². The molecular formula is C29H52O2. The van der Waals surface area contributed by atoms with Gasteiger partial charge in [0.1, 0.15) is 0 Å². The fourth-order valence-electron chi connectivity index (χ4n) is 9.48. The summed E-state index contributed by atoms with van der Waals surface area (Å²) in [5.74, 6) is 6.95. The summed E-state index contributed by atoms with van der Waals surface area (Å²) in [7, 11) is 0. The first-order valence-corrected chi connectivity index (χ1v) is 14.1. The molecule has 180 valence electrons. The van der Waals surface area contributed by atoms with Gasteiger partial charge in [0.2, 0.25) is 0 Å². The number of aliphatic hydroxyl groups is 2. The quantitative estimate of drug-likeness (QED) is 0.451.